The average Bonchev–Trinajstić information content (AvgIpc) is 2.00. The van der Waals surface area contributed by atoms with Crippen LogP contribution in [0.4, 0.5) is 43.4 Å². The molecule has 0 rings (SSSR count). The molecule has 0 N–H and O–H groups in total. The Morgan fingerprint density at radius 2 is 1.00 bits per heavy atom. The number of rotatable bonds is 3. The van der Waals surface area contributed by atoms with Gasteiger partial charge in [-0.25, -0.2) is 4.21 Å². The van der Waals surface area contributed by atoms with Gasteiger partial charge in [-0.15, -0.1) is 3.89 Å². The molecule has 0 radical (unpaired) electrons. The molecule has 0 aliphatic heterocycles. The van der Waals surface area contributed by atoms with E-state index in [0.29, 0.717) is 0 Å². The van der Waals surface area contributed by atoms with Crippen molar-refractivity contribution in [1.29, 1.82) is 0 Å². The average molecular weight is 286 g/mol. The van der Waals surface area contributed by atoms with Crippen molar-refractivity contribution >= 4 is 11.2 Å². The summed E-state index contributed by atoms with van der Waals surface area (Å²) < 4.78 is 127. The van der Waals surface area contributed by atoms with Gasteiger partial charge >= 0.3 is 23.3 Å². The Morgan fingerprint density at radius 1 is 0.688 bits per heavy atom. The van der Waals surface area contributed by atoms with Crippen LogP contribution in [0.15, 0.2) is 0 Å². The van der Waals surface area contributed by atoms with Crippen LogP contribution in [-0.2, 0) is 11.2 Å². The number of halogens is 10. The molecule has 12 heteroatoms. The van der Waals surface area contributed by atoms with Gasteiger partial charge in [-0.2, -0.15) is 39.5 Å². The van der Waals surface area contributed by atoms with Crippen LogP contribution in [0.5, 0.6) is 0 Å². The third-order valence-corrected chi connectivity index (χ3v) is 1.98. The first-order valence-electron chi connectivity index (χ1n) is 2.98. The van der Waals surface area contributed by atoms with Crippen molar-refractivity contribution in [2.45, 2.75) is 23.3 Å². The topological polar surface area (TPSA) is 17.1 Å². The van der Waals surface area contributed by atoms with Gasteiger partial charge in [0.2, 0.25) is 0 Å². The van der Waals surface area contributed by atoms with Crippen LogP contribution in [0.3, 0.4) is 0 Å². The van der Waals surface area contributed by atoms with Gasteiger partial charge in [-0.1, -0.05) is 0 Å². The fraction of sp³-hybridized carbons (Fsp3) is 1.00. The Balaban J connectivity index is 5.62. The normalized spacial score (nSPS) is 17.4. The molecule has 0 aromatic heterocycles. The first kappa shape index (κ1) is 15.4. The molecule has 0 bridgehead atoms. The van der Waals surface area contributed by atoms with Crippen molar-refractivity contribution < 1.29 is 47.6 Å². The van der Waals surface area contributed by atoms with Gasteiger partial charge in [-0.3, -0.25) is 0 Å². The van der Waals surface area contributed by atoms with Crippen molar-refractivity contribution in [1.82, 2.24) is 0 Å². The van der Waals surface area contributed by atoms with Crippen molar-refractivity contribution in [2.75, 3.05) is 0 Å². The summed E-state index contributed by atoms with van der Waals surface area (Å²) in [6, 6.07) is 0. The van der Waals surface area contributed by atoms with E-state index in [1.54, 1.807) is 0 Å². The summed E-state index contributed by atoms with van der Waals surface area (Å²) in [6.07, 6.45) is -7.04. The second-order valence-corrected chi connectivity index (χ2v) is 3.35. The first-order chi connectivity index (χ1) is 6.69. The lowest BCUT2D eigenvalue weighted by Gasteiger charge is -2.31. The summed E-state index contributed by atoms with van der Waals surface area (Å²) in [4.78, 5) is 0. The molecule has 98 valence electrons. The first-order valence-corrected chi connectivity index (χ1v) is 4.03. The molecule has 1 unspecified atom stereocenters. The molecule has 1 nitrogen and oxygen atoms in total. The van der Waals surface area contributed by atoms with Gasteiger partial charge in [-0.05, 0) is 0 Å². The Bertz CT molecular complexity index is 292. The highest BCUT2D eigenvalue weighted by molar-refractivity contribution is 7.81. The highest BCUT2D eigenvalue weighted by Crippen LogP contribution is 2.54. The SMILES string of the molecule is O=S(F)C(F)(F)C(F)(F)C(F)(F)C(F)(F)F. The van der Waals surface area contributed by atoms with E-state index < -0.39 is 34.5 Å². The van der Waals surface area contributed by atoms with Gasteiger partial charge < -0.3 is 0 Å². The summed E-state index contributed by atoms with van der Waals surface area (Å²) in [5, 5.41) is -6.66. The minimum Gasteiger partial charge on any atom is -0.218 e. The largest absolute Gasteiger partial charge is 0.460 e. The lowest BCUT2D eigenvalue weighted by atomic mass is 10.1. The molecule has 0 amide bonds. The Hall–Kier alpha value is -0.550. The van der Waals surface area contributed by atoms with E-state index in [0.717, 1.165) is 0 Å². The third kappa shape index (κ3) is 1.98. The molecular weight excluding hydrogens is 286 g/mol. The number of hydrogen-bond donors (Lipinski definition) is 0. The maximum atomic E-state index is 12.1. The predicted octanol–water partition coefficient (Wildman–Crippen LogP) is 3.05. The van der Waals surface area contributed by atoms with Crippen molar-refractivity contribution in [3.63, 3.8) is 0 Å². The number of alkyl halides is 9. The molecule has 0 aromatic rings. The molecule has 0 saturated carbocycles. The van der Waals surface area contributed by atoms with Crippen molar-refractivity contribution in [3.8, 4) is 0 Å². The molecule has 0 aliphatic rings. The highest BCUT2D eigenvalue weighted by atomic mass is 32.2. The lowest BCUT2D eigenvalue weighted by molar-refractivity contribution is -0.382. The van der Waals surface area contributed by atoms with E-state index in [4.69, 9.17) is 0 Å². The van der Waals surface area contributed by atoms with E-state index in [-0.39, 0.29) is 0 Å². The summed E-state index contributed by atoms with van der Waals surface area (Å²) in [5.41, 5.74) is 0. The van der Waals surface area contributed by atoms with E-state index in [9.17, 15) is 47.6 Å². The monoisotopic (exact) mass is 286 g/mol. The molecular formula is C4F10OS. The van der Waals surface area contributed by atoms with Crippen molar-refractivity contribution in [2.24, 2.45) is 0 Å². The van der Waals surface area contributed by atoms with E-state index in [1.807, 2.05) is 0 Å². The van der Waals surface area contributed by atoms with Crippen LogP contribution in [0, 0.1) is 0 Å². The van der Waals surface area contributed by atoms with Crippen LogP contribution in [0.25, 0.3) is 0 Å². The van der Waals surface area contributed by atoms with Crippen LogP contribution in [0.2, 0.25) is 0 Å². The smallest absolute Gasteiger partial charge is 0.218 e. The fourth-order valence-corrected chi connectivity index (χ4v) is 0.791. The summed E-state index contributed by atoms with van der Waals surface area (Å²) in [5.74, 6) is -14.4. The fourth-order valence-electron chi connectivity index (χ4n) is 0.462. The second kappa shape index (κ2) is 3.74. The molecule has 0 aromatic carbocycles. The third-order valence-electron chi connectivity index (χ3n) is 1.32. The van der Waals surface area contributed by atoms with Crippen LogP contribution in [0.1, 0.15) is 0 Å². The summed E-state index contributed by atoms with van der Waals surface area (Å²) in [7, 11) is 0. The summed E-state index contributed by atoms with van der Waals surface area (Å²) in [6.45, 7) is 0. The van der Waals surface area contributed by atoms with Gasteiger partial charge in [0.1, 0.15) is 0 Å². The zero-order valence-corrected chi connectivity index (χ0v) is 7.41. The molecule has 0 heterocycles. The van der Waals surface area contributed by atoms with Gasteiger partial charge in [0, 0.05) is 0 Å². The Morgan fingerprint density at radius 3 is 1.19 bits per heavy atom. The standard InChI is InChI=1S/C4F10OS/c5-1(6,3(9,10)11)2(7,8)4(12,13)16(14)15. The zero-order valence-electron chi connectivity index (χ0n) is 6.60. The van der Waals surface area contributed by atoms with E-state index in [1.165, 1.54) is 0 Å². The van der Waals surface area contributed by atoms with E-state index >= 15 is 0 Å². The number of hydrogen-bond acceptors (Lipinski definition) is 1. The molecule has 0 aliphatic carbocycles. The molecule has 1 atom stereocenters. The lowest BCUT2D eigenvalue weighted by Crippen LogP contribution is -2.61. The molecule has 0 saturated heterocycles. The minimum atomic E-state index is -7.22. The van der Waals surface area contributed by atoms with Gasteiger partial charge in [0.25, 0.3) is 11.2 Å². The molecule has 0 spiro atoms. The minimum absolute atomic E-state index is 5.39. The van der Waals surface area contributed by atoms with E-state index in [2.05, 4.69) is 0 Å². The highest BCUT2D eigenvalue weighted by Gasteiger charge is 2.84. The van der Waals surface area contributed by atoms with Crippen molar-refractivity contribution in [3.05, 3.63) is 0 Å². The van der Waals surface area contributed by atoms with Crippen LogP contribution in [-0.4, -0.2) is 27.5 Å². The van der Waals surface area contributed by atoms with Gasteiger partial charge in [0.05, 0.1) is 0 Å². The Labute approximate surface area is 83.2 Å². The summed E-state index contributed by atoms with van der Waals surface area (Å²) >= 11 is -5.39. The maximum Gasteiger partial charge on any atom is 0.460 e. The van der Waals surface area contributed by atoms with Crippen LogP contribution < -0.4 is 0 Å². The molecule has 16 heavy (non-hydrogen) atoms. The van der Waals surface area contributed by atoms with Crippen LogP contribution >= 0.6 is 0 Å². The quantitative estimate of drug-likeness (QED) is 0.575. The van der Waals surface area contributed by atoms with Gasteiger partial charge in [0.15, 0.2) is 0 Å². The predicted molar refractivity (Wildman–Crippen MR) is 30.1 cm³/mol. The Kier molecular flexibility index (Phi) is 3.61. The second-order valence-electron chi connectivity index (χ2n) is 2.39. The zero-order chi connectivity index (χ0) is 13.6. The molecule has 0 fully saturated rings. The maximum absolute atomic E-state index is 12.1.